The number of carbonyl (C=O) groups is 1. The molecule has 0 saturated carbocycles. The topological polar surface area (TPSA) is 52.9 Å². The minimum atomic E-state index is -0.166. The average Bonchev–Trinajstić information content (AvgIpc) is 2.16. The summed E-state index contributed by atoms with van der Waals surface area (Å²) in [5.74, 6) is -0.166. The second kappa shape index (κ2) is 7.28. The SMILES string of the molecule is CCCCCC(C)(C)CNC(=O)CC#N. The molecule has 3 heteroatoms. The highest BCUT2D eigenvalue weighted by molar-refractivity contribution is 5.77. The number of rotatable bonds is 7. The molecule has 15 heavy (non-hydrogen) atoms. The van der Waals surface area contributed by atoms with Gasteiger partial charge in [-0.2, -0.15) is 5.26 Å². The summed E-state index contributed by atoms with van der Waals surface area (Å²) >= 11 is 0. The molecule has 0 saturated heterocycles. The third kappa shape index (κ3) is 7.99. The zero-order chi connectivity index (χ0) is 11.7. The molecule has 0 fully saturated rings. The Morgan fingerprint density at radius 2 is 2.07 bits per heavy atom. The van der Waals surface area contributed by atoms with Gasteiger partial charge in [0.05, 0.1) is 6.07 Å². The van der Waals surface area contributed by atoms with Crippen LogP contribution < -0.4 is 5.32 Å². The summed E-state index contributed by atoms with van der Waals surface area (Å²) in [4.78, 5) is 11.1. The van der Waals surface area contributed by atoms with Crippen LogP contribution in [0.2, 0.25) is 0 Å². The van der Waals surface area contributed by atoms with E-state index in [1.165, 1.54) is 19.3 Å². The van der Waals surface area contributed by atoms with Gasteiger partial charge in [0.2, 0.25) is 5.91 Å². The summed E-state index contributed by atoms with van der Waals surface area (Å²) in [6.07, 6.45) is 4.75. The molecule has 0 rings (SSSR count). The highest BCUT2D eigenvalue weighted by atomic mass is 16.1. The van der Waals surface area contributed by atoms with E-state index >= 15 is 0 Å². The molecule has 0 aromatic heterocycles. The van der Waals surface area contributed by atoms with Gasteiger partial charge in [-0.15, -0.1) is 0 Å². The van der Waals surface area contributed by atoms with E-state index in [0.29, 0.717) is 6.54 Å². The van der Waals surface area contributed by atoms with Crippen LogP contribution >= 0.6 is 0 Å². The predicted octanol–water partition coefficient (Wildman–Crippen LogP) is 2.62. The van der Waals surface area contributed by atoms with Gasteiger partial charge < -0.3 is 5.32 Å². The summed E-state index contributed by atoms with van der Waals surface area (Å²) in [6, 6.07) is 1.84. The molecule has 0 unspecified atom stereocenters. The molecule has 0 aliphatic heterocycles. The summed E-state index contributed by atoms with van der Waals surface area (Å²) in [5, 5.41) is 11.1. The zero-order valence-electron chi connectivity index (χ0n) is 10.1. The van der Waals surface area contributed by atoms with E-state index in [2.05, 4.69) is 26.1 Å². The van der Waals surface area contributed by atoms with Crippen LogP contribution in [0.25, 0.3) is 0 Å². The lowest BCUT2D eigenvalue weighted by molar-refractivity contribution is -0.120. The summed E-state index contributed by atoms with van der Waals surface area (Å²) in [5.41, 5.74) is 0.139. The van der Waals surface area contributed by atoms with Crippen LogP contribution in [-0.2, 0) is 4.79 Å². The fraction of sp³-hybridized carbons (Fsp3) is 0.833. The maximum Gasteiger partial charge on any atom is 0.234 e. The third-order valence-corrected chi connectivity index (χ3v) is 2.46. The molecule has 0 aromatic rings. The van der Waals surface area contributed by atoms with Gasteiger partial charge in [-0.3, -0.25) is 4.79 Å². The minimum Gasteiger partial charge on any atom is -0.355 e. The highest BCUT2D eigenvalue weighted by Gasteiger charge is 2.17. The molecule has 3 nitrogen and oxygen atoms in total. The van der Waals surface area contributed by atoms with Gasteiger partial charge in [0.1, 0.15) is 6.42 Å². The number of hydrogen-bond acceptors (Lipinski definition) is 2. The van der Waals surface area contributed by atoms with Gasteiger partial charge in [-0.25, -0.2) is 0 Å². The van der Waals surface area contributed by atoms with Crippen molar-refractivity contribution >= 4 is 5.91 Å². The standard InChI is InChI=1S/C12H22N2O/c1-4-5-6-8-12(2,3)10-14-11(15)7-9-13/h4-8,10H2,1-3H3,(H,14,15). The maximum atomic E-state index is 11.1. The van der Waals surface area contributed by atoms with Crippen molar-refractivity contribution in [2.24, 2.45) is 5.41 Å². The van der Waals surface area contributed by atoms with E-state index in [9.17, 15) is 4.79 Å². The molecule has 0 radical (unpaired) electrons. The van der Waals surface area contributed by atoms with Crippen molar-refractivity contribution in [1.82, 2.24) is 5.32 Å². The fourth-order valence-electron chi connectivity index (χ4n) is 1.41. The van der Waals surface area contributed by atoms with Gasteiger partial charge in [-0.1, -0.05) is 40.0 Å². The van der Waals surface area contributed by atoms with E-state index in [-0.39, 0.29) is 17.7 Å². The Bertz CT molecular complexity index is 228. The van der Waals surface area contributed by atoms with Gasteiger partial charge in [-0.05, 0) is 11.8 Å². The fourth-order valence-corrected chi connectivity index (χ4v) is 1.41. The normalized spacial score (nSPS) is 10.8. The van der Waals surface area contributed by atoms with Crippen LogP contribution in [0.5, 0.6) is 0 Å². The van der Waals surface area contributed by atoms with Crippen molar-refractivity contribution in [3.63, 3.8) is 0 Å². The third-order valence-electron chi connectivity index (χ3n) is 2.46. The van der Waals surface area contributed by atoms with Crippen LogP contribution in [0, 0.1) is 16.7 Å². The van der Waals surface area contributed by atoms with Crippen molar-refractivity contribution in [1.29, 1.82) is 5.26 Å². The summed E-state index contributed by atoms with van der Waals surface area (Å²) in [7, 11) is 0. The molecule has 0 spiro atoms. The van der Waals surface area contributed by atoms with Crippen LogP contribution in [0.4, 0.5) is 0 Å². The molecule has 0 atom stereocenters. The Morgan fingerprint density at radius 1 is 1.40 bits per heavy atom. The summed E-state index contributed by atoms with van der Waals surface area (Å²) in [6.45, 7) is 7.14. The maximum absolute atomic E-state index is 11.1. The van der Waals surface area contributed by atoms with E-state index < -0.39 is 0 Å². The van der Waals surface area contributed by atoms with E-state index in [4.69, 9.17) is 5.26 Å². The molecule has 1 N–H and O–H groups in total. The quantitative estimate of drug-likeness (QED) is 0.657. The number of unbranched alkanes of at least 4 members (excludes halogenated alkanes) is 2. The number of nitrogens with zero attached hydrogens (tertiary/aromatic N) is 1. The van der Waals surface area contributed by atoms with Crippen molar-refractivity contribution in [3.05, 3.63) is 0 Å². The molecule has 0 heterocycles. The molecule has 0 bridgehead atoms. The zero-order valence-corrected chi connectivity index (χ0v) is 10.1. The van der Waals surface area contributed by atoms with Crippen LogP contribution in [0.15, 0.2) is 0 Å². The van der Waals surface area contributed by atoms with Crippen molar-refractivity contribution in [2.75, 3.05) is 6.54 Å². The Morgan fingerprint density at radius 3 is 2.60 bits per heavy atom. The van der Waals surface area contributed by atoms with Gasteiger partial charge in [0, 0.05) is 6.54 Å². The number of hydrogen-bond donors (Lipinski definition) is 1. The van der Waals surface area contributed by atoms with Gasteiger partial charge >= 0.3 is 0 Å². The van der Waals surface area contributed by atoms with Crippen LogP contribution in [0.3, 0.4) is 0 Å². The first-order valence-corrected chi connectivity index (χ1v) is 5.65. The average molecular weight is 210 g/mol. The Labute approximate surface area is 92.9 Å². The number of nitrogens with one attached hydrogen (secondary N) is 1. The lowest BCUT2D eigenvalue weighted by atomic mass is 9.87. The van der Waals surface area contributed by atoms with E-state index in [1.807, 2.05) is 6.07 Å². The lowest BCUT2D eigenvalue weighted by Crippen LogP contribution is -2.33. The van der Waals surface area contributed by atoms with Crippen molar-refractivity contribution in [2.45, 2.75) is 52.9 Å². The molecular weight excluding hydrogens is 188 g/mol. The van der Waals surface area contributed by atoms with Crippen molar-refractivity contribution < 1.29 is 4.79 Å². The molecule has 0 aliphatic rings. The smallest absolute Gasteiger partial charge is 0.234 e. The van der Waals surface area contributed by atoms with E-state index in [0.717, 1.165) is 6.42 Å². The highest BCUT2D eigenvalue weighted by Crippen LogP contribution is 2.22. The number of amides is 1. The summed E-state index contributed by atoms with van der Waals surface area (Å²) < 4.78 is 0. The first-order valence-electron chi connectivity index (χ1n) is 5.65. The largest absolute Gasteiger partial charge is 0.355 e. The van der Waals surface area contributed by atoms with E-state index in [1.54, 1.807) is 0 Å². The number of carbonyl (C=O) groups excluding carboxylic acids is 1. The molecule has 0 aromatic carbocycles. The molecule has 1 amide bonds. The lowest BCUT2D eigenvalue weighted by Gasteiger charge is -2.24. The van der Waals surface area contributed by atoms with Crippen LogP contribution in [-0.4, -0.2) is 12.5 Å². The molecular formula is C12H22N2O. The minimum absolute atomic E-state index is 0.0367. The molecule has 0 aliphatic carbocycles. The van der Waals surface area contributed by atoms with Crippen molar-refractivity contribution in [3.8, 4) is 6.07 Å². The first kappa shape index (κ1) is 14.0. The van der Waals surface area contributed by atoms with Gasteiger partial charge in [0.15, 0.2) is 0 Å². The number of nitriles is 1. The Hall–Kier alpha value is -1.04. The Kier molecular flexibility index (Phi) is 6.77. The predicted molar refractivity (Wildman–Crippen MR) is 61.2 cm³/mol. The van der Waals surface area contributed by atoms with Crippen LogP contribution in [0.1, 0.15) is 52.9 Å². The van der Waals surface area contributed by atoms with Gasteiger partial charge in [0.25, 0.3) is 0 Å². The molecule has 86 valence electrons. The second-order valence-electron chi connectivity index (χ2n) is 4.73. The first-order chi connectivity index (χ1) is 7.02. The monoisotopic (exact) mass is 210 g/mol. The Balaban J connectivity index is 3.73. The second-order valence-corrected chi connectivity index (χ2v) is 4.73.